The molecular formula is C17H19N3S2. The topological polar surface area (TPSA) is 36.4 Å². The van der Waals surface area contributed by atoms with Gasteiger partial charge in [-0.3, -0.25) is 5.43 Å². The first kappa shape index (κ1) is 16.5. The van der Waals surface area contributed by atoms with Crippen LogP contribution in [0.25, 0.3) is 0 Å². The van der Waals surface area contributed by atoms with Crippen molar-refractivity contribution in [2.75, 3.05) is 6.26 Å². The number of hydrogen-bond acceptors (Lipinski definition) is 3. The zero-order valence-electron chi connectivity index (χ0n) is 12.6. The maximum Gasteiger partial charge on any atom is 0.187 e. The molecule has 0 spiro atoms. The summed E-state index contributed by atoms with van der Waals surface area (Å²) in [6, 6.07) is 18.5. The van der Waals surface area contributed by atoms with Gasteiger partial charge in [-0.1, -0.05) is 42.5 Å². The number of rotatable bonds is 5. The number of thiocarbonyl (C=S) groups is 1. The van der Waals surface area contributed by atoms with Gasteiger partial charge in [-0.15, -0.1) is 11.8 Å². The van der Waals surface area contributed by atoms with Gasteiger partial charge in [0.15, 0.2) is 5.11 Å². The monoisotopic (exact) mass is 329 g/mol. The van der Waals surface area contributed by atoms with Gasteiger partial charge in [-0.25, -0.2) is 0 Å². The number of nitrogens with zero attached hydrogens (tertiary/aromatic N) is 1. The molecule has 0 amide bonds. The molecule has 5 heteroatoms. The lowest BCUT2D eigenvalue weighted by molar-refractivity contribution is 0.704. The standard InChI is InChI=1S/C17H19N3S2/c1-13(15-6-4-3-5-7-15)19-17(21)20-18-12-14-8-10-16(22-2)11-9-14/h3-13H,1-2H3,(H2,19,20,21)/b18-12+/t13-/m1/s1. The summed E-state index contributed by atoms with van der Waals surface area (Å²) < 4.78 is 0. The molecule has 0 aliphatic heterocycles. The highest BCUT2D eigenvalue weighted by Crippen LogP contribution is 2.14. The Balaban J connectivity index is 1.83. The van der Waals surface area contributed by atoms with Crippen molar-refractivity contribution in [1.29, 1.82) is 0 Å². The van der Waals surface area contributed by atoms with Crippen LogP contribution in [0.1, 0.15) is 24.1 Å². The zero-order chi connectivity index (χ0) is 15.8. The molecule has 0 unspecified atom stereocenters. The first-order chi connectivity index (χ1) is 10.7. The Morgan fingerprint density at radius 1 is 1.14 bits per heavy atom. The summed E-state index contributed by atoms with van der Waals surface area (Å²) in [5, 5.41) is 7.87. The van der Waals surface area contributed by atoms with Gasteiger partial charge in [0.05, 0.1) is 12.3 Å². The van der Waals surface area contributed by atoms with Crippen molar-refractivity contribution < 1.29 is 0 Å². The van der Waals surface area contributed by atoms with Crippen LogP contribution >= 0.6 is 24.0 Å². The highest BCUT2D eigenvalue weighted by molar-refractivity contribution is 7.98. The minimum Gasteiger partial charge on any atom is -0.355 e. The van der Waals surface area contributed by atoms with Crippen LogP contribution < -0.4 is 10.7 Å². The average molecular weight is 329 g/mol. The highest BCUT2D eigenvalue weighted by Gasteiger charge is 2.05. The Kier molecular flexibility index (Phi) is 6.43. The van der Waals surface area contributed by atoms with Crippen LogP contribution in [0.15, 0.2) is 64.6 Å². The fourth-order valence-corrected chi connectivity index (χ4v) is 2.55. The van der Waals surface area contributed by atoms with E-state index in [0.717, 1.165) is 5.56 Å². The predicted molar refractivity (Wildman–Crippen MR) is 99.5 cm³/mol. The zero-order valence-corrected chi connectivity index (χ0v) is 14.2. The van der Waals surface area contributed by atoms with Crippen LogP contribution in [-0.2, 0) is 0 Å². The van der Waals surface area contributed by atoms with Gasteiger partial charge in [0.2, 0.25) is 0 Å². The van der Waals surface area contributed by atoms with Crippen molar-refractivity contribution in [2.24, 2.45) is 5.10 Å². The molecule has 1 atom stereocenters. The number of hydrogen-bond donors (Lipinski definition) is 2. The van der Waals surface area contributed by atoms with Crippen molar-refractivity contribution in [3.05, 3.63) is 65.7 Å². The molecule has 0 saturated heterocycles. The Morgan fingerprint density at radius 3 is 2.45 bits per heavy atom. The van der Waals surface area contributed by atoms with Gasteiger partial charge < -0.3 is 5.32 Å². The molecule has 2 rings (SSSR count). The number of benzene rings is 2. The fourth-order valence-electron chi connectivity index (χ4n) is 1.91. The normalized spacial score (nSPS) is 12.1. The van der Waals surface area contributed by atoms with E-state index in [4.69, 9.17) is 12.2 Å². The number of thioether (sulfide) groups is 1. The van der Waals surface area contributed by atoms with E-state index in [2.05, 4.69) is 53.3 Å². The molecule has 0 saturated carbocycles. The van der Waals surface area contributed by atoms with Gasteiger partial charge in [0, 0.05) is 4.90 Å². The van der Waals surface area contributed by atoms with Crippen LogP contribution in [0.2, 0.25) is 0 Å². The second-order valence-electron chi connectivity index (χ2n) is 4.75. The Labute approximate surface area is 141 Å². The van der Waals surface area contributed by atoms with Gasteiger partial charge in [-0.2, -0.15) is 5.10 Å². The second kappa shape index (κ2) is 8.56. The number of nitrogens with one attached hydrogen (secondary N) is 2. The molecule has 0 aromatic heterocycles. The smallest absolute Gasteiger partial charge is 0.187 e. The number of hydrazone groups is 1. The highest BCUT2D eigenvalue weighted by atomic mass is 32.2. The molecule has 0 bridgehead atoms. The molecule has 0 radical (unpaired) electrons. The van der Waals surface area contributed by atoms with E-state index < -0.39 is 0 Å². The van der Waals surface area contributed by atoms with E-state index in [1.54, 1.807) is 18.0 Å². The van der Waals surface area contributed by atoms with Crippen LogP contribution in [0.5, 0.6) is 0 Å². The summed E-state index contributed by atoms with van der Waals surface area (Å²) in [7, 11) is 0. The minimum atomic E-state index is 0.136. The first-order valence-electron chi connectivity index (χ1n) is 6.97. The quantitative estimate of drug-likeness (QED) is 0.377. The van der Waals surface area contributed by atoms with Gasteiger partial charge >= 0.3 is 0 Å². The summed E-state index contributed by atoms with van der Waals surface area (Å²) in [6.07, 6.45) is 3.81. The molecule has 0 aliphatic rings. The van der Waals surface area contributed by atoms with E-state index in [9.17, 15) is 0 Å². The molecule has 2 aromatic rings. The summed E-state index contributed by atoms with van der Waals surface area (Å²) in [5.74, 6) is 0. The third-order valence-corrected chi connectivity index (χ3v) is 4.10. The van der Waals surface area contributed by atoms with E-state index in [0.29, 0.717) is 5.11 Å². The van der Waals surface area contributed by atoms with Gasteiger partial charge in [-0.05, 0) is 48.7 Å². The molecule has 2 N–H and O–H groups in total. The molecule has 3 nitrogen and oxygen atoms in total. The lowest BCUT2D eigenvalue weighted by Gasteiger charge is -2.15. The summed E-state index contributed by atoms with van der Waals surface area (Å²) >= 11 is 6.97. The maximum atomic E-state index is 5.25. The second-order valence-corrected chi connectivity index (χ2v) is 6.04. The Bertz CT molecular complexity index is 624. The lowest BCUT2D eigenvalue weighted by atomic mass is 10.1. The lowest BCUT2D eigenvalue weighted by Crippen LogP contribution is -2.34. The molecule has 0 aliphatic carbocycles. The predicted octanol–water partition coefficient (Wildman–Crippen LogP) is 3.97. The van der Waals surface area contributed by atoms with Crippen LogP contribution in [-0.4, -0.2) is 17.6 Å². The fraction of sp³-hybridized carbons (Fsp3) is 0.176. The molecule has 2 aromatic carbocycles. The van der Waals surface area contributed by atoms with Crippen molar-refractivity contribution in [3.8, 4) is 0 Å². The van der Waals surface area contributed by atoms with Crippen molar-refractivity contribution in [3.63, 3.8) is 0 Å². The van der Waals surface area contributed by atoms with Crippen molar-refractivity contribution in [1.82, 2.24) is 10.7 Å². The van der Waals surface area contributed by atoms with E-state index >= 15 is 0 Å². The van der Waals surface area contributed by atoms with Crippen LogP contribution in [0, 0.1) is 0 Å². The average Bonchev–Trinajstić information content (AvgIpc) is 2.56. The third kappa shape index (κ3) is 5.16. The van der Waals surface area contributed by atoms with E-state index in [1.807, 2.05) is 30.3 Å². The molecular weight excluding hydrogens is 310 g/mol. The summed E-state index contributed by atoms with van der Waals surface area (Å²) in [4.78, 5) is 1.24. The molecule has 114 valence electrons. The minimum absolute atomic E-state index is 0.136. The van der Waals surface area contributed by atoms with Gasteiger partial charge in [0.25, 0.3) is 0 Å². The SMILES string of the molecule is CSc1ccc(/C=N/NC(=S)N[C@H](C)c2ccccc2)cc1. The summed E-state index contributed by atoms with van der Waals surface area (Å²) in [6.45, 7) is 2.06. The maximum absolute atomic E-state index is 5.25. The van der Waals surface area contributed by atoms with Gasteiger partial charge in [0.1, 0.15) is 0 Å². The van der Waals surface area contributed by atoms with Crippen LogP contribution in [0.4, 0.5) is 0 Å². The van der Waals surface area contributed by atoms with Crippen molar-refractivity contribution >= 4 is 35.3 Å². The first-order valence-corrected chi connectivity index (χ1v) is 8.61. The van der Waals surface area contributed by atoms with Crippen LogP contribution in [0.3, 0.4) is 0 Å². The van der Waals surface area contributed by atoms with E-state index in [1.165, 1.54) is 10.5 Å². The largest absolute Gasteiger partial charge is 0.355 e. The summed E-state index contributed by atoms with van der Waals surface area (Å²) in [5.41, 5.74) is 5.06. The molecule has 0 heterocycles. The molecule has 22 heavy (non-hydrogen) atoms. The van der Waals surface area contributed by atoms with Crippen molar-refractivity contribution in [2.45, 2.75) is 17.9 Å². The Morgan fingerprint density at radius 2 is 1.82 bits per heavy atom. The Hall–Kier alpha value is -1.85. The third-order valence-electron chi connectivity index (χ3n) is 3.14. The molecule has 0 fully saturated rings. The van der Waals surface area contributed by atoms with E-state index in [-0.39, 0.29) is 6.04 Å².